The summed E-state index contributed by atoms with van der Waals surface area (Å²) >= 11 is 0.351. The molecule has 28 heavy (non-hydrogen) atoms. The molecule has 3 atom stereocenters. The second-order valence-electron chi connectivity index (χ2n) is 7.55. The Morgan fingerprint density at radius 1 is 1.04 bits per heavy atom. The predicted octanol–water partition coefficient (Wildman–Crippen LogP) is 3.88. The van der Waals surface area contributed by atoms with E-state index in [1.165, 1.54) is 25.6 Å². The van der Waals surface area contributed by atoms with Crippen molar-refractivity contribution in [3.8, 4) is 10.0 Å². The minimum absolute atomic E-state index is 0.0460. The van der Waals surface area contributed by atoms with Gasteiger partial charge in [0.25, 0.3) is 0 Å². The van der Waals surface area contributed by atoms with Gasteiger partial charge in [-0.1, -0.05) is 0 Å². The first-order valence-corrected chi connectivity index (χ1v) is 11.5. The summed E-state index contributed by atoms with van der Waals surface area (Å²) in [4.78, 5) is 0. The molecule has 3 aromatic rings. The van der Waals surface area contributed by atoms with Gasteiger partial charge >= 0.3 is 172 Å². The minimum atomic E-state index is -0.417. The molecule has 4 heteroatoms. The maximum atomic E-state index is 10.1. The van der Waals surface area contributed by atoms with E-state index in [1.807, 2.05) is 0 Å². The van der Waals surface area contributed by atoms with E-state index in [1.54, 1.807) is 0 Å². The van der Waals surface area contributed by atoms with Gasteiger partial charge in [0.1, 0.15) is 0 Å². The van der Waals surface area contributed by atoms with E-state index in [9.17, 15) is 10.2 Å². The molecule has 1 fully saturated rings. The molecule has 0 radical (unpaired) electrons. The monoisotopic (exact) mass is 442 g/mol. The number of ether oxygens (including phenoxy) is 1. The topological polar surface area (TPSA) is 49.7 Å². The van der Waals surface area contributed by atoms with Crippen molar-refractivity contribution in [3.05, 3.63) is 81.8 Å². The third kappa shape index (κ3) is 4.48. The molecule has 0 aliphatic carbocycles. The van der Waals surface area contributed by atoms with E-state index in [-0.39, 0.29) is 18.8 Å². The van der Waals surface area contributed by atoms with Crippen LogP contribution in [0, 0.1) is 6.92 Å². The molecule has 146 valence electrons. The predicted molar refractivity (Wildman–Crippen MR) is 113 cm³/mol. The van der Waals surface area contributed by atoms with E-state index in [4.69, 9.17) is 4.74 Å². The molecule has 1 saturated heterocycles. The number of aliphatic hydroxyl groups is 2. The van der Waals surface area contributed by atoms with Crippen LogP contribution in [0.25, 0.3) is 10.0 Å². The zero-order chi connectivity index (χ0) is 19.5. The molecule has 2 N–H and O–H groups in total. The van der Waals surface area contributed by atoms with Crippen molar-refractivity contribution in [2.75, 3.05) is 6.61 Å². The van der Waals surface area contributed by atoms with Crippen LogP contribution < -0.4 is 0 Å². The summed E-state index contributed by atoms with van der Waals surface area (Å²) in [5, 5.41) is 19.6. The normalized spacial score (nSPS) is 22.3. The quantitative estimate of drug-likeness (QED) is 0.591. The van der Waals surface area contributed by atoms with Crippen molar-refractivity contribution < 1.29 is 14.9 Å². The molecular formula is C24H26O3Se. The van der Waals surface area contributed by atoms with Gasteiger partial charge in [-0.25, -0.2) is 0 Å². The van der Waals surface area contributed by atoms with Gasteiger partial charge in [0.15, 0.2) is 0 Å². The number of rotatable bonds is 5. The van der Waals surface area contributed by atoms with Crippen LogP contribution in [-0.2, 0) is 11.2 Å². The SMILES string of the molecule is Cc1ccc(C2CC(O)CC(CO)O2)cc1Cc1ccc(-c2ccccc2)[se]1. The van der Waals surface area contributed by atoms with Gasteiger partial charge in [-0.3, -0.25) is 0 Å². The van der Waals surface area contributed by atoms with Gasteiger partial charge in [0.2, 0.25) is 0 Å². The Balaban J connectivity index is 1.54. The van der Waals surface area contributed by atoms with Crippen molar-refractivity contribution in [1.82, 2.24) is 0 Å². The molecule has 1 aliphatic heterocycles. The van der Waals surface area contributed by atoms with E-state index in [0.29, 0.717) is 27.3 Å². The summed E-state index contributed by atoms with van der Waals surface area (Å²) in [6.45, 7) is 2.11. The van der Waals surface area contributed by atoms with Gasteiger partial charge in [0.05, 0.1) is 0 Å². The molecule has 2 heterocycles. The molecule has 0 saturated carbocycles. The summed E-state index contributed by atoms with van der Waals surface area (Å²) in [7, 11) is 0. The average Bonchev–Trinajstić information content (AvgIpc) is 3.18. The summed E-state index contributed by atoms with van der Waals surface area (Å²) in [5.41, 5.74) is 5.01. The maximum absolute atomic E-state index is 10.1. The number of hydrogen-bond donors (Lipinski definition) is 2. The second kappa shape index (κ2) is 8.77. The Bertz CT molecular complexity index is 919. The Hall–Kier alpha value is -1.68. The van der Waals surface area contributed by atoms with Crippen molar-refractivity contribution in [1.29, 1.82) is 0 Å². The zero-order valence-electron chi connectivity index (χ0n) is 16.0. The summed E-state index contributed by atoms with van der Waals surface area (Å²) < 4.78 is 8.91. The second-order valence-corrected chi connectivity index (χ2v) is 10.0. The van der Waals surface area contributed by atoms with E-state index in [2.05, 4.69) is 67.6 Å². The van der Waals surface area contributed by atoms with E-state index < -0.39 is 6.10 Å². The molecule has 3 unspecified atom stereocenters. The van der Waals surface area contributed by atoms with Gasteiger partial charge in [-0.15, -0.1) is 0 Å². The van der Waals surface area contributed by atoms with Crippen molar-refractivity contribution in [3.63, 3.8) is 0 Å². The average molecular weight is 441 g/mol. The van der Waals surface area contributed by atoms with Gasteiger partial charge in [-0.2, -0.15) is 0 Å². The summed E-state index contributed by atoms with van der Waals surface area (Å²) in [5.74, 6) is 0. The number of hydrogen-bond acceptors (Lipinski definition) is 3. The van der Waals surface area contributed by atoms with E-state index in [0.717, 1.165) is 12.0 Å². The molecule has 1 aromatic heterocycles. The molecular weight excluding hydrogens is 415 g/mol. The third-order valence-corrected chi connectivity index (χ3v) is 7.79. The molecule has 0 bridgehead atoms. The summed E-state index contributed by atoms with van der Waals surface area (Å²) in [6, 6.07) is 21.6. The van der Waals surface area contributed by atoms with Crippen LogP contribution in [0.1, 0.15) is 40.1 Å². The van der Waals surface area contributed by atoms with Crippen LogP contribution in [0.2, 0.25) is 0 Å². The van der Waals surface area contributed by atoms with Crippen LogP contribution in [0.4, 0.5) is 0 Å². The van der Waals surface area contributed by atoms with Gasteiger partial charge in [-0.05, 0) is 0 Å². The Morgan fingerprint density at radius 2 is 1.86 bits per heavy atom. The third-order valence-electron chi connectivity index (χ3n) is 5.41. The first-order valence-electron chi connectivity index (χ1n) is 9.80. The van der Waals surface area contributed by atoms with Crippen LogP contribution >= 0.6 is 0 Å². The van der Waals surface area contributed by atoms with Crippen molar-refractivity contribution in [2.24, 2.45) is 0 Å². The van der Waals surface area contributed by atoms with Gasteiger partial charge in [0, 0.05) is 0 Å². The van der Waals surface area contributed by atoms with E-state index >= 15 is 0 Å². The standard InChI is InChI=1S/C24H26O3Se/c1-16-7-8-18(23-14-20(26)13-21(15-25)27-23)11-19(16)12-22-9-10-24(28-22)17-5-3-2-4-6-17/h2-11,20-21,23,25-26H,12-15H2,1H3. The molecule has 4 rings (SSSR count). The van der Waals surface area contributed by atoms with Crippen LogP contribution in [-0.4, -0.2) is 43.5 Å². The van der Waals surface area contributed by atoms with Gasteiger partial charge < -0.3 is 0 Å². The van der Waals surface area contributed by atoms with Crippen LogP contribution in [0.3, 0.4) is 0 Å². The molecule has 1 aliphatic rings. The Morgan fingerprint density at radius 3 is 2.64 bits per heavy atom. The Labute approximate surface area is 172 Å². The molecule has 3 nitrogen and oxygen atoms in total. The molecule has 0 spiro atoms. The van der Waals surface area contributed by atoms with Crippen molar-refractivity contribution in [2.45, 2.75) is 44.5 Å². The number of benzene rings is 2. The summed E-state index contributed by atoms with van der Waals surface area (Å²) in [6.07, 6.45) is 1.20. The molecule has 2 aromatic carbocycles. The fourth-order valence-electron chi connectivity index (χ4n) is 3.82. The molecule has 0 amide bonds. The number of aryl methyl sites for hydroxylation is 1. The first-order chi connectivity index (χ1) is 13.6. The zero-order valence-corrected chi connectivity index (χ0v) is 17.8. The fraction of sp³-hybridized carbons (Fsp3) is 0.333. The van der Waals surface area contributed by atoms with Crippen LogP contribution in [0.15, 0.2) is 60.7 Å². The Kier molecular flexibility index (Phi) is 6.15. The fourth-order valence-corrected chi connectivity index (χ4v) is 6.00. The van der Waals surface area contributed by atoms with Crippen LogP contribution in [0.5, 0.6) is 0 Å². The van der Waals surface area contributed by atoms with Crippen molar-refractivity contribution >= 4 is 14.5 Å². The first kappa shape index (κ1) is 19.6. The number of aliphatic hydroxyl groups excluding tert-OH is 2.